The number of hydrogen-bond acceptors (Lipinski definition) is 4. The summed E-state index contributed by atoms with van der Waals surface area (Å²) in [5.41, 5.74) is 4.33. The maximum absolute atomic E-state index is 12.3. The minimum atomic E-state index is -0.346. The first kappa shape index (κ1) is 18.8. The van der Waals surface area contributed by atoms with E-state index in [2.05, 4.69) is 10.5 Å². The van der Waals surface area contributed by atoms with Crippen molar-refractivity contribution in [3.05, 3.63) is 58.6 Å². The van der Waals surface area contributed by atoms with Crippen LogP contribution in [0, 0.1) is 0 Å². The van der Waals surface area contributed by atoms with Gasteiger partial charge in [0.15, 0.2) is 11.5 Å². The molecule has 1 N–H and O–H groups in total. The molecule has 1 amide bonds. The van der Waals surface area contributed by atoms with Crippen molar-refractivity contribution in [3.63, 3.8) is 0 Å². The molecule has 25 heavy (non-hydrogen) atoms. The van der Waals surface area contributed by atoms with E-state index in [4.69, 9.17) is 21.1 Å². The molecule has 2 rings (SSSR count). The van der Waals surface area contributed by atoms with E-state index in [1.165, 1.54) is 7.11 Å². The van der Waals surface area contributed by atoms with Gasteiger partial charge in [-0.05, 0) is 45.0 Å². The summed E-state index contributed by atoms with van der Waals surface area (Å²) >= 11 is 6.13. The Balaban J connectivity index is 2.15. The summed E-state index contributed by atoms with van der Waals surface area (Å²) < 4.78 is 10.9. The molecule has 0 aliphatic carbocycles. The molecule has 0 saturated heterocycles. The van der Waals surface area contributed by atoms with Crippen molar-refractivity contribution in [3.8, 4) is 11.5 Å². The highest BCUT2D eigenvalue weighted by atomic mass is 35.5. The lowest BCUT2D eigenvalue weighted by molar-refractivity contribution is 0.0954. The molecule has 2 aromatic rings. The zero-order valence-electron chi connectivity index (χ0n) is 14.7. The standard InChI is InChI=1S/C19H21ClN2O3/c1-12(2)25-17-10-9-14(11-18(17)24-4)19(23)22-21-13(3)15-7-5-6-8-16(15)20/h5-12H,1-4H3,(H,22,23)/b21-13+. The lowest BCUT2D eigenvalue weighted by Gasteiger charge is -2.14. The summed E-state index contributed by atoms with van der Waals surface area (Å²) in [6.45, 7) is 5.63. The Bertz CT molecular complexity index is 788. The smallest absolute Gasteiger partial charge is 0.271 e. The first-order valence-electron chi connectivity index (χ1n) is 7.86. The minimum Gasteiger partial charge on any atom is -0.493 e. The molecular weight excluding hydrogens is 340 g/mol. The molecule has 6 heteroatoms. The van der Waals surface area contributed by atoms with Crippen molar-refractivity contribution in [1.29, 1.82) is 0 Å². The number of benzene rings is 2. The topological polar surface area (TPSA) is 59.9 Å². The zero-order valence-corrected chi connectivity index (χ0v) is 15.4. The number of hydrogen-bond donors (Lipinski definition) is 1. The number of carbonyl (C=O) groups excluding carboxylic acids is 1. The Hall–Kier alpha value is -2.53. The molecule has 0 aliphatic rings. The van der Waals surface area contributed by atoms with Crippen LogP contribution in [0.3, 0.4) is 0 Å². The molecule has 0 unspecified atom stereocenters. The minimum absolute atomic E-state index is 0.0106. The fourth-order valence-corrected chi connectivity index (χ4v) is 2.45. The summed E-state index contributed by atoms with van der Waals surface area (Å²) in [6, 6.07) is 12.3. The van der Waals surface area contributed by atoms with Gasteiger partial charge in [-0.25, -0.2) is 5.43 Å². The van der Waals surface area contributed by atoms with Crippen molar-refractivity contribution in [1.82, 2.24) is 5.43 Å². The van der Waals surface area contributed by atoms with E-state index < -0.39 is 0 Å². The maximum Gasteiger partial charge on any atom is 0.271 e. The van der Waals surface area contributed by atoms with Crippen molar-refractivity contribution in [2.45, 2.75) is 26.9 Å². The fraction of sp³-hybridized carbons (Fsp3) is 0.263. The van der Waals surface area contributed by atoms with Crippen LogP contribution in [0.25, 0.3) is 0 Å². The average Bonchev–Trinajstić information content (AvgIpc) is 2.59. The molecule has 5 nitrogen and oxygen atoms in total. The van der Waals surface area contributed by atoms with Gasteiger partial charge < -0.3 is 9.47 Å². The SMILES string of the molecule is COc1cc(C(=O)N/N=C(\C)c2ccccc2Cl)ccc1OC(C)C. The number of carbonyl (C=O) groups is 1. The zero-order chi connectivity index (χ0) is 18.4. The Morgan fingerprint density at radius 1 is 1.16 bits per heavy atom. The number of nitrogens with one attached hydrogen (secondary N) is 1. The van der Waals surface area contributed by atoms with Crippen LogP contribution >= 0.6 is 11.6 Å². The summed E-state index contributed by atoms with van der Waals surface area (Å²) in [5.74, 6) is 0.735. The molecule has 0 spiro atoms. The molecular formula is C19H21ClN2O3. The molecule has 0 bridgehead atoms. The maximum atomic E-state index is 12.3. The number of rotatable bonds is 6. The van der Waals surface area contributed by atoms with Gasteiger partial charge in [-0.15, -0.1) is 0 Å². The molecule has 0 atom stereocenters. The normalized spacial score (nSPS) is 11.4. The van der Waals surface area contributed by atoms with Crippen molar-refractivity contribution in [2.24, 2.45) is 5.10 Å². The molecule has 2 aromatic carbocycles. The van der Waals surface area contributed by atoms with Gasteiger partial charge in [0, 0.05) is 16.1 Å². The van der Waals surface area contributed by atoms with E-state index in [0.717, 1.165) is 5.56 Å². The van der Waals surface area contributed by atoms with Crippen molar-refractivity contribution >= 4 is 23.2 Å². The predicted octanol–water partition coefficient (Wildman–Crippen LogP) is 4.29. The molecule has 0 aliphatic heterocycles. The van der Waals surface area contributed by atoms with Gasteiger partial charge in [0.05, 0.1) is 18.9 Å². The molecule has 0 radical (unpaired) electrons. The number of amides is 1. The van der Waals surface area contributed by atoms with Crippen LogP contribution in [0.15, 0.2) is 47.6 Å². The Morgan fingerprint density at radius 3 is 2.52 bits per heavy atom. The number of halogens is 1. The van der Waals surface area contributed by atoms with Crippen LogP contribution in [-0.4, -0.2) is 24.8 Å². The van der Waals surface area contributed by atoms with E-state index in [0.29, 0.717) is 27.8 Å². The summed E-state index contributed by atoms with van der Waals surface area (Å²) in [5, 5.41) is 4.70. The van der Waals surface area contributed by atoms with Gasteiger partial charge in [-0.2, -0.15) is 5.10 Å². The van der Waals surface area contributed by atoms with Gasteiger partial charge in [-0.3, -0.25) is 4.79 Å². The number of ether oxygens (including phenoxy) is 2. The van der Waals surface area contributed by atoms with Crippen LogP contribution in [0.4, 0.5) is 0 Å². The first-order valence-corrected chi connectivity index (χ1v) is 8.24. The molecule has 0 heterocycles. The third kappa shape index (κ3) is 4.97. The quantitative estimate of drug-likeness (QED) is 0.617. The highest BCUT2D eigenvalue weighted by Crippen LogP contribution is 2.29. The van der Waals surface area contributed by atoms with Crippen LogP contribution in [0.1, 0.15) is 36.7 Å². The number of methoxy groups -OCH3 is 1. The van der Waals surface area contributed by atoms with Crippen LogP contribution in [-0.2, 0) is 0 Å². The second-order valence-electron chi connectivity index (χ2n) is 5.65. The van der Waals surface area contributed by atoms with Crippen molar-refractivity contribution < 1.29 is 14.3 Å². The van der Waals surface area contributed by atoms with Gasteiger partial charge in [-0.1, -0.05) is 29.8 Å². The van der Waals surface area contributed by atoms with Crippen LogP contribution in [0.2, 0.25) is 5.02 Å². The Labute approximate surface area is 152 Å². The summed E-state index contributed by atoms with van der Waals surface area (Å²) in [4.78, 5) is 12.3. The third-order valence-electron chi connectivity index (χ3n) is 3.38. The molecule has 0 aromatic heterocycles. The largest absolute Gasteiger partial charge is 0.493 e. The van der Waals surface area contributed by atoms with Gasteiger partial charge in [0.1, 0.15) is 0 Å². The van der Waals surface area contributed by atoms with Crippen LogP contribution in [0.5, 0.6) is 11.5 Å². The Morgan fingerprint density at radius 2 is 1.88 bits per heavy atom. The third-order valence-corrected chi connectivity index (χ3v) is 3.71. The fourth-order valence-electron chi connectivity index (χ4n) is 2.17. The summed E-state index contributed by atoms with van der Waals surface area (Å²) in [7, 11) is 1.53. The highest BCUT2D eigenvalue weighted by Gasteiger charge is 2.12. The molecule has 0 fully saturated rings. The van der Waals surface area contributed by atoms with E-state index in [9.17, 15) is 4.79 Å². The average molecular weight is 361 g/mol. The second-order valence-corrected chi connectivity index (χ2v) is 6.06. The van der Waals surface area contributed by atoms with E-state index in [-0.39, 0.29) is 12.0 Å². The Kier molecular flexibility index (Phi) is 6.42. The van der Waals surface area contributed by atoms with Gasteiger partial charge >= 0.3 is 0 Å². The van der Waals surface area contributed by atoms with Gasteiger partial charge in [0.2, 0.25) is 0 Å². The molecule has 0 saturated carbocycles. The second kappa shape index (κ2) is 8.53. The highest BCUT2D eigenvalue weighted by molar-refractivity contribution is 6.34. The van der Waals surface area contributed by atoms with Crippen LogP contribution < -0.4 is 14.9 Å². The number of nitrogens with zero attached hydrogens (tertiary/aromatic N) is 1. The summed E-state index contributed by atoms with van der Waals surface area (Å²) in [6.07, 6.45) is 0.0106. The number of hydrazone groups is 1. The monoisotopic (exact) mass is 360 g/mol. The predicted molar refractivity (Wildman–Crippen MR) is 99.9 cm³/mol. The molecule has 132 valence electrons. The van der Waals surface area contributed by atoms with E-state index in [1.807, 2.05) is 32.0 Å². The van der Waals surface area contributed by atoms with E-state index >= 15 is 0 Å². The first-order chi connectivity index (χ1) is 11.9. The van der Waals surface area contributed by atoms with Gasteiger partial charge in [0.25, 0.3) is 5.91 Å². The van der Waals surface area contributed by atoms with Crippen molar-refractivity contribution in [2.75, 3.05) is 7.11 Å². The lowest BCUT2D eigenvalue weighted by Crippen LogP contribution is -2.19. The lowest BCUT2D eigenvalue weighted by atomic mass is 10.1. The van der Waals surface area contributed by atoms with E-state index in [1.54, 1.807) is 31.2 Å².